The number of nitrogens with zero attached hydrogens (tertiary/aromatic N) is 2. The summed E-state index contributed by atoms with van der Waals surface area (Å²) in [7, 11) is 0. The fourth-order valence-corrected chi connectivity index (χ4v) is 1.94. The molecule has 0 saturated carbocycles. The van der Waals surface area contributed by atoms with Crippen LogP contribution in [0, 0.1) is 0 Å². The molecule has 4 N–H and O–H groups in total. The highest BCUT2D eigenvalue weighted by Gasteiger charge is 2.19. The van der Waals surface area contributed by atoms with Gasteiger partial charge in [-0.1, -0.05) is 27.7 Å². The predicted molar refractivity (Wildman–Crippen MR) is 70.9 cm³/mol. The molecule has 17 heavy (non-hydrogen) atoms. The maximum absolute atomic E-state index is 9.05. The van der Waals surface area contributed by atoms with Crippen LogP contribution in [0.1, 0.15) is 33.5 Å². The van der Waals surface area contributed by atoms with Crippen LogP contribution in [0.5, 0.6) is 0 Å². The molecule has 1 unspecified atom stereocenters. The van der Waals surface area contributed by atoms with Crippen molar-refractivity contribution in [1.82, 2.24) is 9.97 Å². The van der Waals surface area contributed by atoms with E-state index in [1.54, 1.807) is 6.07 Å². The van der Waals surface area contributed by atoms with Crippen molar-refractivity contribution in [2.75, 3.05) is 12.0 Å². The molecule has 0 bridgehead atoms. The van der Waals surface area contributed by atoms with Crippen molar-refractivity contribution in [2.24, 2.45) is 5.84 Å². The zero-order valence-electron chi connectivity index (χ0n) is 10.7. The number of aromatic nitrogens is 2. The van der Waals surface area contributed by atoms with Crippen molar-refractivity contribution in [3.05, 3.63) is 11.9 Å². The minimum Gasteiger partial charge on any atom is -0.395 e. The third kappa shape index (κ3) is 4.14. The van der Waals surface area contributed by atoms with Crippen LogP contribution in [0.2, 0.25) is 0 Å². The summed E-state index contributed by atoms with van der Waals surface area (Å²) in [5, 5.41) is 9.97. The Kier molecular flexibility index (Phi) is 4.73. The molecule has 1 aromatic heterocycles. The largest absolute Gasteiger partial charge is 0.395 e. The van der Waals surface area contributed by atoms with Gasteiger partial charge in [0.05, 0.1) is 6.61 Å². The van der Waals surface area contributed by atoms with Gasteiger partial charge in [-0.2, -0.15) is 0 Å². The number of rotatable bonds is 4. The molecule has 0 aliphatic carbocycles. The van der Waals surface area contributed by atoms with Crippen molar-refractivity contribution < 1.29 is 5.11 Å². The second-order valence-corrected chi connectivity index (χ2v) is 6.38. The third-order valence-electron chi connectivity index (χ3n) is 2.10. The first-order valence-corrected chi connectivity index (χ1v) is 6.38. The lowest BCUT2D eigenvalue weighted by atomic mass is 9.96. The molecular formula is C11H20N4OS. The number of aliphatic hydroxyl groups is 1. The van der Waals surface area contributed by atoms with Gasteiger partial charge in [0, 0.05) is 16.7 Å². The van der Waals surface area contributed by atoms with E-state index in [4.69, 9.17) is 10.9 Å². The second kappa shape index (κ2) is 5.66. The van der Waals surface area contributed by atoms with Crippen LogP contribution in [0.25, 0.3) is 0 Å². The van der Waals surface area contributed by atoms with E-state index in [0.29, 0.717) is 5.82 Å². The Bertz CT molecular complexity index is 378. The lowest BCUT2D eigenvalue weighted by Gasteiger charge is -2.18. The molecule has 1 rings (SSSR count). The number of nitrogens with two attached hydrogens (primary N) is 1. The van der Waals surface area contributed by atoms with Gasteiger partial charge >= 0.3 is 0 Å². The number of aliphatic hydroxyl groups excluding tert-OH is 1. The van der Waals surface area contributed by atoms with Gasteiger partial charge in [0.25, 0.3) is 0 Å². The predicted octanol–water partition coefficient (Wildman–Crippen LogP) is 1.53. The lowest BCUT2D eigenvalue weighted by Crippen LogP contribution is -2.19. The number of nitrogens with one attached hydrogen (secondary N) is 1. The van der Waals surface area contributed by atoms with Crippen LogP contribution in [0.15, 0.2) is 11.1 Å². The van der Waals surface area contributed by atoms with Gasteiger partial charge in [-0.3, -0.25) is 0 Å². The van der Waals surface area contributed by atoms with Gasteiger partial charge in [0.1, 0.15) is 16.7 Å². The Labute approximate surface area is 106 Å². The number of hydrazine groups is 1. The summed E-state index contributed by atoms with van der Waals surface area (Å²) >= 11 is 1.51. The molecule has 0 saturated heterocycles. The Morgan fingerprint density at radius 3 is 2.59 bits per heavy atom. The van der Waals surface area contributed by atoms with Crippen molar-refractivity contribution in [2.45, 2.75) is 43.4 Å². The van der Waals surface area contributed by atoms with E-state index in [-0.39, 0.29) is 17.3 Å². The van der Waals surface area contributed by atoms with Gasteiger partial charge in [-0.25, -0.2) is 15.8 Å². The summed E-state index contributed by atoms with van der Waals surface area (Å²) in [6, 6.07) is 1.78. The maximum Gasteiger partial charge on any atom is 0.144 e. The van der Waals surface area contributed by atoms with E-state index in [1.165, 1.54) is 11.8 Å². The molecule has 1 aromatic rings. The molecule has 0 aliphatic heterocycles. The first kappa shape index (κ1) is 14.2. The van der Waals surface area contributed by atoms with Crippen LogP contribution in [0.4, 0.5) is 5.82 Å². The van der Waals surface area contributed by atoms with Gasteiger partial charge < -0.3 is 10.5 Å². The molecule has 0 amide bonds. The molecule has 5 nitrogen and oxygen atoms in total. The molecule has 0 fully saturated rings. The normalized spacial score (nSPS) is 13.5. The maximum atomic E-state index is 9.05. The monoisotopic (exact) mass is 256 g/mol. The Balaban J connectivity index is 3.05. The first-order chi connectivity index (χ1) is 7.86. The van der Waals surface area contributed by atoms with Crippen LogP contribution in [0.3, 0.4) is 0 Å². The summed E-state index contributed by atoms with van der Waals surface area (Å²) in [6.45, 7) is 8.20. The Morgan fingerprint density at radius 2 is 2.12 bits per heavy atom. The van der Waals surface area contributed by atoms with E-state index in [1.807, 2.05) is 27.7 Å². The molecule has 1 heterocycles. The lowest BCUT2D eigenvalue weighted by molar-refractivity contribution is 0.300. The summed E-state index contributed by atoms with van der Waals surface area (Å²) in [4.78, 5) is 8.82. The standard InChI is InChI=1S/C11H20N4OS/c1-7(6-16)17-9-5-8(15-12)13-10(14-9)11(2,3)4/h5,7,16H,6,12H2,1-4H3,(H,13,14,15). The molecule has 0 spiro atoms. The van der Waals surface area contributed by atoms with E-state index >= 15 is 0 Å². The fourth-order valence-electron chi connectivity index (χ4n) is 1.14. The average molecular weight is 256 g/mol. The molecule has 0 aliphatic rings. The Morgan fingerprint density at radius 1 is 1.47 bits per heavy atom. The van der Waals surface area contributed by atoms with Crippen LogP contribution in [-0.2, 0) is 5.41 Å². The van der Waals surface area contributed by atoms with Crippen LogP contribution < -0.4 is 11.3 Å². The molecule has 1 atom stereocenters. The van der Waals surface area contributed by atoms with Crippen molar-refractivity contribution >= 4 is 17.6 Å². The molecule has 6 heteroatoms. The van der Waals surface area contributed by atoms with Gasteiger partial charge in [0.15, 0.2) is 0 Å². The molecule has 96 valence electrons. The summed E-state index contributed by atoms with van der Waals surface area (Å²) in [5.41, 5.74) is 2.41. The molecular weight excluding hydrogens is 236 g/mol. The van der Waals surface area contributed by atoms with E-state index < -0.39 is 0 Å². The number of nitrogen functional groups attached to an aromatic ring is 1. The fraction of sp³-hybridized carbons (Fsp3) is 0.636. The summed E-state index contributed by atoms with van der Waals surface area (Å²) in [5.74, 6) is 6.73. The van der Waals surface area contributed by atoms with Gasteiger partial charge in [0.2, 0.25) is 0 Å². The topological polar surface area (TPSA) is 84.1 Å². The third-order valence-corrected chi connectivity index (χ3v) is 3.10. The zero-order chi connectivity index (χ0) is 13.1. The van der Waals surface area contributed by atoms with E-state index in [2.05, 4.69) is 15.4 Å². The second-order valence-electron chi connectivity index (χ2n) is 4.92. The van der Waals surface area contributed by atoms with Crippen LogP contribution in [-0.4, -0.2) is 26.9 Å². The van der Waals surface area contributed by atoms with Gasteiger partial charge in [-0.05, 0) is 0 Å². The average Bonchev–Trinajstić information content (AvgIpc) is 2.27. The quantitative estimate of drug-likeness (QED) is 0.328. The van der Waals surface area contributed by atoms with Crippen molar-refractivity contribution in [1.29, 1.82) is 0 Å². The van der Waals surface area contributed by atoms with E-state index in [9.17, 15) is 0 Å². The first-order valence-electron chi connectivity index (χ1n) is 5.50. The highest BCUT2D eigenvalue weighted by Crippen LogP contribution is 2.26. The van der Waals surface area contributed by atoms with E-state index in [0.717, 1.165) is 10.9 Å². The summed E-state index contributed by atoms with van der Waals surface area (Å²) in [6.07, 6.45) is 0. The number of hydrogen-bond donors (Lipinski definition) is 3. The smallest absolute Gasteiger partial charge is 0.144 e. The Hall–Kier alpha value is -0.850. The van der Waals surface area contributed by atoms with Crippen molar-refractivity contribution in [3.63, 3.8) is 0 Å². The highest BCUT2D eigenvalue weighted by atomic mass is 32.2. The minimum absolute atomic E-state index is 0.100. The van der Waals surface area contributed by atoms with Crippen LogP contribution >= 0.6 is 11.8 Å². The molecule has 0 aromatic carbocycles. The highest BCUT2D eigenvalue weighted by molar-refractivity contribution is 7.99. The SMILES string of the molecule is CC(CO)Sc1cc(NN)nc(C(C)(C)C)n1. The van der Waals surface area contributed by atoms with Crippen molar-refractivity contribution in [3.8, 4) is 0 Å². The molecule has 0 radical (unpaired) electrons. The zero-order valence-corrected chi connectivity index (χ0v) is 11.5. The number of thioether (sulfide) groups is 1. The van der Waals surface area contributed by atoms with Gasteiger partial charge in [-0.15, -0.1) is 11.8 Å². The summed E-state index contributed by atoms with van der Waals surface area (Å²) < 4.78 is 0. The number of anilines is 1. The number of hydrogen-bond acceptors (Lipinski definition) is 6. The minimum atomic E-state index is -0.134.